The zero-order chi connectivity index (χ0) is 15.9. The maximum Gasteiger partial charge on any atom is 0.250 e. The van der Waals surface area contributed by atoms with Gasteiger partial charge in [-0.2, -0.15) is 0 Å². The van der Waals surface area contributed by atoms with E-state index in [2.05, 4.69) is 22.3 Å². The zero-order valence-electron chi connectivity index (χ0n) is 13.2. The van der Waals surface area contributed by atoms with Gasteiger partial charge in [0.25, 0.3) is 5.91 Å². The topological polar surface area (TPSA) is 46.5 Å². The van der Waals surface area contributed by atoms with Crippen LogP contribution < -0.4 is 5.32 Å². The number of benzene rings is 1. The molecule has 1 aromatic heterocycles. The Labute approximate surface area is 136 Å². The van der Waals surface area contributed by atoms with Crippen molar-refractivity contribution in [3.63, 3.8) is 0 Å². The van der Waals surface area contributed by atoms with Crippen LogP contribution in [-0.2, 0) is 22.6 Å². The fraction of sp³-hybridized carbons (Fsp3) is 0.389. The van der Waals surface area contributed by atoms with Crippen LogP contribution in [0.1, 0.15) is 5.56 Å². The van der Waals surface area contributed by atoms with Crippen LogP contribution in [-0.4, -0.2) is 47.7 Å². The van der Waals surface area contributed by atoms with Crippen molar-refractivity contribution in [1.29, 1.82) is 0 Å². The number of morpholine rings is 1. The summed E-state index contributed by atoms with van der Waals surface area (Å²) in [5.74, 6) is -0.0186. The minimum atomic E-state index is -0.378. The molecule has 2 heterocycles. The molecule has 5 nitrogen and oxygen atoms in total. The van der Waals surface area contributed by atoms with Crippen molar-refractivity contribution in [2.75, 3.05) is 26.2 Å². The van der Waals surface area contributed by atoms with Gasteiger partial charge in [-0.05, 0) is 17.7 Å². The molecule has 1 aromatic carbocycles. The molecule has 0 aliphatic carbocycles. The molecule has 0 bridgehead atoms. The maximum atomic E-state index is 12.3. The fourth-order valence-electron chi connectivity index (χ4n) is 2.79. The second kappa shape index (κ2) is 7.94. The smallest absolute Gasteiger partial charge is 0.250 e. The van der Waals surface area contributed by atoms with Crippen molar-refractivity contribution in [2.45, 2.75) is 19.2 Å². The van der Waals surface area contributed by atoms with E-state index in [-0.39, 0.29) is 12.0 Å². The second-order valence-corrected chi connectivity index (χ2v) is 5.79. The van der Waals surface area contributed by atoms with Gasteiger partial charge in [-0.3, -0.25) is 9.69 Å². The van der Waals surface area contributed by atoms with Crippen LogP contribution >= 0.6 is 0 Å². The number of rotatable bonds is 6. The Kier molecular flexibility index (Phi) is 5.45. The summed E-state index contributed by atoms with van der Waals surface area (Å²) >= 11 is 0. The Balaban J connectivity index is 1.44. The van der Waals surface area contributed by atoms with Crippen LogP contribution in [0.3, 0.4) is 0 Å². The lowest BCUT2D eigenvalue weighted by Gasteiger charge is -2.32. The Morgan fingerprint density at radius 1 is 1.17 bits per heavy atom. The van der Waals surface area contributed by atoms with Gasteiger partial charge in [0.15, 0.2) is 0 Å². The van der Waals surface area contributed by atoms with Crippen molar-refractivity contribution in [3.05, 3.63) is 60.4 Å². The van der Waals surface area contributed by atoms with Crippen LogP contribution in [0.4, 0.5) is 0 Å². The van der Waals surface area contributed by atoms with Gasteiger partial charge < -0.3 is 14.6 Å². The molecule has 0 saturated carbocycles. The molecular weight excluding hydrogens is 290 g/mol. The average Bonchev–Trinajstić information content (AvgIpc) is 3.09. The third-order valence-electron chi connectivity index (χ3n) is 4.03. The number of carbonyl (C=O) groups excluding carboxylic acids is 1. The molecule has 5 heteroatoms. The summed E-state index contributed by atoms with van der Waals surface area (Å²) in [5, 5.41) is 2.96. The lowest BCUT2D eigenvalue weighted by molar-refractivity contribution is -0.138. The standard InChI is InChI=1S/C18H23N3O2/c22-18(19-8-11-20-9-4-5-10-20)17-15-21(12-13-23-17)14-16-6-2-1-3-7-16/h1-7,9-10,17H,8,11-15H2,(H,19,22). The Hall–Kier alpha value is -2.11. The van der Waals surface area contributed by atoms with Gasteiger partial charge in [-0.1, -0.05) is 30.3 Å². The predicted octanol–water partition coefficient (Wildman–Crippen LogP) is 1.51. The Morgan fingerprint density at radius 2 is 1.96 bits per heavy atom. The molecule has 1 aliphatic rings. The Morgan fingerprint density at radius 3 is 2.74 bits per heavy atom. The van der Waals surface area contributed by atoms with Gasteiger partial charge in [-0.15, -0.1) is 0 Å². The highest BCUT2D eigenvalue weighted by Crippen LogP contribution is 2.10. The largest absolute Gasteiger partial charge is 0.366 e. The zero-order valence-corrected chi connectivity index (χ0v) is 13.2. The van der Waals surface area contributed by atoms with E-state index in [0.29, 0.717) is 19.7 Å². The first-order valence-corrected chi connectivity index (χ1v) is 8.07. The summed E-state index contributed by atoms with van der Waals surface area (Å²) in [5.41, 5.74) is 1.26. The SMILES string of the molecule is O=C(NCCn1cccc1)C1CN(Cc2ccccc2)CCO1. The molecule has 1 amide bonds. The van der Waals surface area contributed by atoms with Crippen molar-refractivity contribution in [2.24, 2.45) is 0 Å². The number of ether oxygens (including phenoxy) is 1. The third-order valence-corrected chi connectivity index (χ3v) is 4.03. The van der Waals surface area contributed by atoms with Gasteiger partial charge in [0, 0.05) is 45.1 Å². The highest BCUT2D eigenvalue weighted by molar-refractivity contribution is 5.81. The average molecular weight is 313 g/mol. The molecule has 1 unspecified atom stereocenters. The summed E-state index contributed by atoms with van der Waals surface area (Å²) in [6.07, 6.45) is 3.60. The lowest BCUT2D eigenvalue weighted by Crippen LogP contribution is -2.49. The fourth-order valence-corrected chi connectivity index (χ4v) is 2.79. The minimum absolute atomic E-state index is 0.0186. The molecule has 1 fully saturated rings. The van der Waals surface area contributed by atoms with Gasteiger partial charge in [0.05, 0.1) is 6.61 Å². The normalized spacial score (nSPS) is 18.7. The number of aromatic nitrogens is 1. The highest BCUT2D eigenvalue weighted by atomic mass is 16.5. The van der Waals surface area contributed by atoms with Crippen LogP contribution in [0, 0.1) is 0 Å². The van der Waals surface area contributed by atoms with Crippen molar-refractivity contribution in [1.82, 2.24) is 14.8 Å². The van der Waals surface area contributed by atoms with E-state index in [0.717, 1.165) is 19.6 Å². The first-order valence-electron chi connectivity index (χ1n) is 8.07. The van der Waals surface area contributed by atoms with Gasteiger partial charge in [-0.25, -0.2) is 0 Å². The number of nitrogens with zero attached hydrogens (tertiary/aromatic N) is 2. The molecule has 1 atom stereocenters. The van der Waals surface area contributed by atoms with Crippen molar-refractivity contribution < 1.29 is 9.53 Å². The molecule has 23 heavy (non-hydrogen) atoms. The number of hydrogen-bond acceptors (Lipinski definition) is 3. The van der Waals surface area contributed by atoms with Crippen molar-refractivity contribution in [3.8, 4) is 0 Å². The number of carbonyl (C=O) groups is 1. The lowest BCUT2D eigenvalue weighted by atomic mass is 10.2. The van der Waals surface area contributed by atoms with Gasteiger partial charge >= 0.3 is 0 Å². The third kappa shape index (κ3) is 4.68. The van der Waals surface area contributed by atoms with Crippen LogP contribution in [0.5, 0.6) is 0 Å². The Bertz CT molecular complexity index is 598. The van der Waals surface area contributed by atoms with Gasteiger partial charge in [0.1, 0.15) is 6.10 Å². The first-order chi connectivity index (χ1) is 11.3. The molecule has 3 rings (SSSR count). The molecule has 0 radical (unpaired) electrons. The van der Waals surface area contributed by atoms with E-state index in [9.17, 15) is 4.79 Å². The summed E-state index contributed by atoms with van der Waals surface area (Å²) in [6, 6.07) is 14.3. The molecule has 2 aromatic rings. The second-order valence-electron chi connectivity index (χ2n) is 5.79. The van der Waals surface area contributed by atoms with Crippen LogP contribution in [0.2, 0.25) is 0 Å². The van der Waals surface area contributed by atoms with Crippen molar-refractivity contribution >= 4 is 5.91 Å². The summed E-state index contributed by atoms with van der Waals surface area (Å²) < 4.78 is 7.68. The predicted molar refractivity (Wildman–Crippen MR) is 88.9 cm³/mol. The van der Waals surface area contributed by atoms with Gasteiger partial charge in [0.2, 0.25) is 0 Å². The van der Waals surface area contributed by atoms with E-state index >= 15 is 0 Å². The molecule has 1 aliphatic heterocycles. The quantitative estimate of drug-likeness (QED) is 0.879. The maximum absolute atomic E-state index is 12.3. The number of nitrogens with one attached hydrogen (secondary N) is 1. The van der Waals surface area contributed by atoms with E-state index in [1.807, 2.05) is 47.3 Å². The number of hydrogen-bond donors (Lipinski definition) is 1. The number of amides is 1. The molecule has 1 N–H and O–H groups in total. The van der Waals surface area contributed by atoms with E-state index in [1.165, 1.54) is 5.56 Å². The first kappa shape index (κ1) is 15.8. The molecule has 122 valence electrons. The summed E-state index contributed by atoms with van der Waals surface area (Å²) in [6.45, 7) is 4.36. The van der Waals surface area contributed by atoms with E-state index in [4.69, 9.17) is 4.74 Å². The molecular formula is C18H23N3O2. The summed E-state index contributed by atoms with van der Waals surface area (Å²) in [7, 11) is 0. The monoisotopic (exact) mass is 313 g/mol. The van der Waals surface area contributed by atoms with E-state index in [1.54, 1.807) is 0 Å². The van der Waals surface area contributed by atoms with Crippen LogP contribution in [0.15, 0.2) is 54.9 Å². The summed E-state index contributed by atoms with van der Waals surface area (Å²) in [4.78, 5) is 14.5. The molecule has 1 saturated heterocycles. The molecule has 0 spiro atoms. The highest BCUT2D eigenvalue weighted by Gasteiger charge is 2.26. The van der Waals surface area contributed by atoms with Crippen LogP contribution in [0.25, 0.3) is 0 Å². The van der Waals surface area contributed by atoms with E-state index < -0.39 is 0 Å². The minimum Gasteiger partial charge on any atom is -0.366 e.